The molecule has 3 rings (SSSR count). The Hall–Kier alpha value is -1.77. The minimum absolute atomic E-state index is 0.0522. The molecule has 0 spiro atoms. The van der Waals surface area contributed by atoms with E-state index in [4.69, 9.17) is 4.74 Å². The first-order valence-electron chi connectivity index (χ1n) is 9.00. The van der Waals surface area contributed by atoms with Crippen LogP contribution in [0.3, 0.4) is 0 Å². The van der Waals surface area contributed by atoms with E-state index in [2.05, 4.69) is 10.3 Å². The van der Waals surface area contributed by atoms with Crippen molar-refractivity contribution in [1.29, 1.82) is 0 Å². The quantitative estimate of drug-likeness (QED) is 0.882. The first-order chi connectivity index (χ1) is 12.2. The molecule has 26 heavy (non-hydrogen) atoms. The summed E-state index contributed by atoms with van der Waals surface area (Å²) in [6.45, 7) is 3.59. The highest BCUT2D eigenvalue weighted by Crippen LogP contribution is 2.30. The fraction of sp³-hybridized carbons (Fsp3) is 0.765. The summed E-state index contributed by atoms with van der Waals surface area (Å²) in [4.78, 5) is 17.6. The van der Waals surface area contributed by atoms with Gasteiger partial charge in [-0.2, -0.15) is 13.2 Å². The molecule has 2 aliphatic rings. The monoisotopic (exact) mass is 374 g/mol. The third-order valence-corrected chi connectivity index (χ3v) is 5.13. The Morgan fingerprint density at radius 3 is 2.92 bits per heavy atom. The molecule has 3 atom stereocenters. The maximum atomic E-state index is 12.8. The van der Waals surface area contributed by atoms with E-state index in [1.54, 1.807) is 16.5 Å². The number of halogens is 3. The predicted molar refractivity (Wildman–Crippen MR) is 88.6 cm³/mol. The van der Waals surface area contributed by atoms with Gasteiger partial charge in [0.2, 0.25) is 0 Å². The van der Waals surface area contributed by atoms with E-state index < -0.39 is 11.9 Å². The van der Waals surface area contributed by atoms with Crippen LogP contribution >= 0.6 is 0 Å². The van der Waals surface area contributed by atoms with Gasteiger partial charge >= 0.3 is 12.2 Å². The van der Waals surface area contributed by atoms with Gasteiger partial charge in [0.15, 0.2) is 5.69 Å². The molecule has 1 N–H and O–H groups in total. The molecule has 2 amide bonds. The van der Waals surface area contributed by atoms with Crippen molar-refractivity contribution in [3.63, 3.8) is 0 Å². The molecule has 0 radical (unpaired) electrons. The van der Waals surface area contributed by atoms with E-state index in [0.717, 1.165) is 25.6 Å². The number of fused-ring (bicyclic) bond motifs is 1. The maximum absolute atomic E-state index is 12.8. The molecule has 146 valence electrons. The zero-order valence-electron chi connectivity index (χ0n) is 15.1. The van der Waals surface area contributed by atoms with Crippen molar-refractivity contribution >= 4 is 6.03 Å². The van der Waals surface area contributed by atoms with E-state index >= 15 is 0 Å². The molecule has 1 fully saturated rings. The second kappa shape index (κ2) is 7.46. The fourth-order valence-electron chi connectivity index (χ4n) is 3.67. The summed E-state index contributed by atoms with van der Waals surface area (Å²) in [7, 11) is 1.71. The highest BCUT2D eigenvalue weighted by atomic mass is 19.4. The van der Waals surface area contributed by atoms with Crippen molar-refractivity contribution in [2.24, 2.45) is 5.92 Å². The number of hydrogen-bond acceptors (Lipinski definition) is 3. The fourth-order valence-corrected chi connectivity index (χ4v) is 3.67. The summed E-state index contributed by atoms with van der Waals surface area (Å²) < 4.78 is 45.5. The molecule has 1 saturated heterocycles. The lowest BCUT2D eigenvalue weighted by Gasteiger charge is -2.29. The lowest BCUT2D eigenvalue weighted by atomic mass is 9.99. The Morgan fingerprint density at radius 2 is 2.27 bits per heavy atom. The number of urea groups is 1. The van der Waals surface area contributed by atoms with E-state index in [1.807, 2.05) is 6.92 Å². The number of alkyl halides is 3. The van der Waals surface area contributed by atoms with Gasteiger partial charge in [0.1, 0.15) is 5.82 Å². The average molecular weight is 374 g/mol. The standard InChI is InChI=1S/C17H25F3N4O2/c1-11(13-4-3-7-26-13)21-16(25)23(2)8-12-5-6-15-22-14(17(18,19)20)10-24(15)9-12/h10-13H,3-9H2,1-2H3,(H,21,25)/t11-,12+,13-/m0/s1. The zero-order valence-corrected chi connectivity index (χ0v) is 15.1. The summed E-state index contributed by atoms with van der Waals surface area (Å²) in [5.41, 5.74) is -0.843. The van der Waals surface area contributed by atoms with E-state index in [-0.39, 0.29) is 24.1 Å². The van der Waals surface area contributed by atoms with Gasteiger partial charge in [0.25, 0.3) is 0 Å². The smallest absolute Gasteiger partial charge is 0.376 e. The van der Waals surface area contributed by atoms with Crippen molar-refractivity contribution in [2.75, 3.05) is 20.2 Å². The molecule has 0 aromatic carbocycles. The second-order valence-corrected chi connectivity index (χ2v) is 7.27. The van der Waals surface area contributed by atoms with Crippen molar-refractivity contribution < 1.29 is 22.7 Å². The first-order valence-corrected chi connectivity index (χ1v) is 9.00. The van der Waals surface area contributed by atoms with Gasteiger partial charge in [-0.1, -0.05) is 0 Å². The van der Waals surface area contributed by atoms with Crippen LogP contribution in [-0.4, -0.2) is 52.8 Å². The SMILES string of the molecule is C[C@H](NC(=O)N(C)C[C@H]1CCc2nc(C(F)(F)F)cn2C1)[C@@H]1CCCO1. The van der Waals surface area contributed by atoms with Gasteiger partial charge in [-0.15, -0.1) is 0 Å². The third kappa shape index (κ3) is 4.31. The van der Waals surface area contributed by atoms with Crippen LogP contribution in [-0.2, 0) is 23.9 Å². The van der Waals surface area contributed by atoms with Gasteiger partial charge < -0.3 is 19.5 Å². The van der Waals surface area contributed by atoms with Gasteiger partial charge in [-0.3, -0.25) is 0 Å². The molecule has 1 aromatic rings. The third-order valence-electron chi connectivity index (χ3n) is 5.13. The lowest BCUT2D eigenvalue weighted by molar-refractivity contribution is -0.141. The van der Waals surface area contributed by atoms with Crippen LogP contribution in [0.25, 0.3) is 0 Å². The number of imidazole rings is 1. The Labute approximate surface area is 150 Å². The molecule has 0 bridgehead atoms. The van der Waals surface area contributed by atoms with Crippen LogP contribution in [0, 0.1) is 5.92 Å². The van der Waals surface area contributed by atoms with Crippen LogP contribution in [0.15, 0.2) is 6.20 Å². The number of nitrogens with one attached hydrogen (secondary N) is 1. The summed E-state index contributed by atoms with van der Waals surface area (Å²) in [5, 5.41) is 2.95. The average Bonchev–Trinajstić information content (AvgIpc) is 3.23. The van der Waals surface area contributed by atoms with Crippen molar-refractivity contribution in [3.8, 4) is 0 Å². The highest BCUT2D eigenvalue weighted by Gasteiger charge is 2.36. The highest BCUT2D eigenvalue weighted by molar-refractivity contribution is 5.74. The molecule has 0 unspecified atom stereocenters. The lowest BCUT2D eigenvalue weighted by Crippen LogP contribution is -2.48. The Balaban J connectivity index is 1.52. The number of carbonyl (C=O) groups is 1. The van der Waals surface area contributed by atoms with Gasteiger partial charge in [-0.05, 0) is 32.1 Å². The summed E-state index contributed by atoms with van der Waals surface area (Å²) in [6, 6.07) is -0.242. The number of hydrogen-bond donors (Lipinski definition) is 1. The molecule has 6 nitrogen and oxygen atoms in total. The van der Waals surface area contributed by atoms with Crippen LogP contribution in [0.1, 0.15) is 37.7 Å². The van der Waals surface area contributed by atoms with Crippen molar-refractivity contribution in [2.45, 2.75) is 57.5 Å². The van der Waals surface area contributed by atoms with Gasteiger partial charge in [0.05, 0.1) is 12.1 Å². The molecule has 3 heterocycles. The molecular weight excluding hydrogens is 349 g/mol. The number of ether oxygens (including phenoxy) is 1. The number of nitrogens with zero attached hydrogens (tertiary/aromatic N) is 3. The number of aromatic nitrogens is 2. The van der Waals surface area contributed by atoms with Gasteiger partial charge in [0, 0.05) is 39.4 Å². The number of aryl methyl sites for hydroxylation is 1. The Kier molecular flexibility index (Phi) is 5.45. The second-order valence-electron chi connectivity index (χ2n) is 7.27. The molecule has 0 aliphatic carbocycles. The van der Waals surface area contributed by atoms with E-state index in [0.29, 0.717) is 31.8 Å². The molecule has 2 aliphatic heterocycles. The van der Waals surface area contributed by atoms with Crippen LogP contribution in [0.2, 0.25) is 0 Å². The minimum Gasteiger partial charge on any atom is -0.376 e. The molecule has 0 saturated carbocycles. The van der Waals surface area contributed by atoms with E-state index in [1.165, 1.54) is 0 Å². The topological polar surface area (TPSA) is 59.4 Å². The van der Waals surface area contributed by atoms with Crippen LogP contribution in [0.4, 0.5) is 18.0 Å². The van der Waals surface area contributed by atoms with Crippen LogP contribution < -0.4 is 5.32 Å². The predicted octanol–water partition coefficient (Wildman–Crippen LogP) is 2.67. The minimum atomic E-state index is -4.42. The molecular formula is C17H25F3N4O2. The summed E-state index contributed by atoms with van der Waals surface area (Å²) in [6.07, 6.45) is -0.142. The number of rotatable bonds is 4. The largest absolute Gasteiger partial charge is 0.434 e. The maximum Gasteiger partial charge on any atom is 0.434 e. The number of carbonyl (C=O) groups excluding carboxylic acids is 1. The van der Waals surface area contributed by atoms with Gasteiger partial charge in [-0.25, -0.2) is 9.78 Å². The van der Waals surface area contributed by atoms with Crippen molar-refractivity contribution in [3.05, 3.63) is 17.7 Å². The normalized spacial score (nSPS) is 24.2. The first kappa shape index (κ1) is 19.0. The number of amides is 2. The van der Waals surface area contributed by atoms with E-state index in [9.17, 15) is 18.0 Å². The zero-order chi connectivity index (χ0) is 18.9. The Bertz CT molecular complexity index is 640. The molecule has 1 aromatic heterocycles. The summed E-state index contributed by atoms with van der Waals surface area (Å²) >= 11 is 0. The molecule has 9 heteroatoms. The Morgan fingerprint density at radius 1 is 1.50 bits per heavy atom. The van der Waals surface area contributed by atoms with Crippen molar-refractivity contribution in [1.82, 2.24) is 19.8 Å². The summed E-state index contributed by atoms with van der Waals surface area (Å²) in [5.74, 6) is 0.569. The van der Waals surface area contributed by atoms with Crippen LogP contribution in [0.5, 0.6) is 0 Å².